The number of amidine groups is 2. The van der Waals surface area contributed by atoms with Crippen molar-refractivity contribution < 1.29 is 22.9 Å². The first-order valence-corrected chi connectivity index (χ1v) is 8.96. The highest BCUT2D eigenvalue weighted by Crippen LogP contribution is 2.35. The molecule has 0 atom stereocenters. The first kappa shape index (κ1) is 19.6. The molecule has 152 valence electrons. The van der Waals surface area contributed by atoms with E-state index < -0.39 is 27.9 Å². The largest absolute Gasteiger partial charge is 0.441 e. The molecule has 0 unspecified atom stereocenters. The fraction of sp³-hybridized carbons (Fsp3) is 0.0588. The number of hydrogen-bond donors (Lipinski definition) is 1. The molecule has 0 saturated heterocycles. The van der Waals surface area contributed by atoms with Gasteiger partial charge >= 0.3 is 6.18 Å². The van der Waals surface area contributed by atoms with Gasteiger partial charge in [-0.3, -0.25) is 20.3 Å². The standard InChI is InChI=1S/C17H9F3N6O3S/c18-17(19,20)15-23-25-13(21)12(14(27)22-16(25)30-15)8-11-2-1-7-24(11)9-3-5-10(6-4-9)26(28)29/h1-8,21H/b12-8+,21-13?. The molecule has 0 saturated carbocycles. The van der Waals surface area contributed by atoms with E-state index in [-0.39, 0.29) is 28.2 Å². The second kappa shape index (κ2) is 6.95. The molecule has 9 nitrogen and oxygen atoms in total. The summed E-state index contributed by atoms with van der Waals surface area (Å²) in [4.78, 5) is 26.2. The number of nitro groups is 1. The van der Waals surface area contributed by atoms with Crippen molar-refractivity contribution in [3.8, 4) is 5.69 Å². The van der Waals surface area contributed by atoms with E-state index in [0.717, 1.165) is 0 Å². The first-order valence-electron chi connectivity index (χ1n) is 8.15. The maximum atomic E-state index is 12.9. The van der Waals surface area contributed by atoms with Gasteiger partial charge in [0, 0.05) is 29.7 Å². The smallest absolute Gasteiger partial charge is 0.317 e. The molecule has 1 aromatic carbocycles. The molecule has 13 heteroatoms. The lowest BCUT2D eigenvalue weighted by molar-refractivity contribution is -0.384. The van der Waals surface area contributed by atoms with E-state index in [1.54, 1.807) is 22.9 Å². The minimum atomic E-state index is -4.72. The van der Waals surface area contributed by atoms with Crippen LogP contribution < -0.4 is 0 Å². The van der Waals surface area contributed by atoms with Crippen molar-refractivity contribution in [1.29, 1.82) is 5.41 Å². The zero-order chi connectivity index (χ0) is 21.6. The van der Waals surface area contributed by atoms with Gasteiger partial charge in [0.25, 0.3) is 11.6 Å². The van der Waals surface area contributed by atoms with Gasteiger partial charge in [0.05, 0.1) is 10.5 Å². The topological polar surface area (TPSA) is 117 Å². The number of hydrogen-bond acceptors (Lipinski definition) is 6. The summed E-state index contributed by atoms with van der Waals surface area (Å²) in [5.41, 5.74) is 0.628. The molecule has 0 fully saturated rings. The van der Waals surface area contributed by atoms with Crippen LogP contribution in [0.3, 0.4) is 0 Å². The van der Waals surface area contributed by atoms with Crippen LogP contribution in [-0.4, -0.2) is 42.6 Å². The van der Waals surface area contributed by atoms with E-state index in [0.29, 0.717) is 16.4 Å². The quantitative estimate of drug-likeness (QED) is 0.450. The first-order chi connectivity index (χ1) is 14.1. The fourth-order valence-corrected chi connectivity index (χ4v) is 3.49. The molecule has 30 heavy (non-hydrogen) atoms. The Kier molecular flexibility index (Phi) is 4.53. The Labute approximate surface area is 169 Å². The van der Waals surface area contributed by atoms with Crippen molar-refractivity contribution in [2.75, 3.05) is 0 Å². The van der Waals surface area contributed by atoms with Crippen LogP contribution in [0.2, 0.25) is 0 Å². The van der Waals surface area contributed by atoms with Crippen LogP contribution in [0.15, 0.2) is 58.3 Å². The van der Waals surface area contributed by atoms with Gasteiger partial charge in [-0.15, -0.1) is 0 Å². The van der Waals surface area contributed by atoms with Crippen molar-refractivity contribution in [3.05, 3.63) is 64.0 Å². The summed E-state index contributed by atoms with van der Waals surface area (Å²) in [7, 11) is 0. The van der Waals surface area contributed by atoms with Crippen molar-refractivity contribution in [2.45, 2.75) is 6.18 Å². The molecule has 1 N–H and O–H groups in total. The van der Waals surface area contributed by atoms with E-state index in [2.05, 4.69) is 10.1 Å². The fourth-order valence-electron chi connectivity index (χ4n) is 2.74. The Morgan fingerprint density at radius 2 is 1.90 bits per heavy atom. The lowest BCUT2D eigenvalue weighted by Crippen LogP contribution is -2.35. The third kappa shape index (κ3) is 3.39. The third-order valence-corrected chi connectivity index (χ3v) is 5.06. The van der Waals surface area contributed by atoms with Gasteiger partial charge in [-0.2, -0.15) is 28.3 Å². The van der Waals surface area contributed by atoms with E-state index in [9.17, 15) is 28.1 Å². The number of fused-ring (bicyclic) bond motifs is 1. The molecule has 0 spiro atoms. The van der Waals surface area contributed by atoms with Gasteiger partial charge in [-0.05, 0) is 42.1 Å². The molecule has 1 amide bonds. The van der Waals surface area contributed by atoms with Crippen LogP contribution in [0.1, 0.15) is 5.69 Å². The summed E-state index contributed by atoms with van der Waals surface area (Å²) < 4.78 is 40.3. The number of nitrogens with zero attached hydrogens (tertiary/aromatic N) is 5. The minimum absolute atomic E-state index is 0.0956. The van der Waals surface area contributed by atoms with Gasteiger partial charge in [-0.1, -0.05) is 0 Å². The number of alkyl halides is 3. The lowest BCUT2D eigenvalue weighted by atomic mass is 10.1. The van der Waals surface area contributed by atoms with E-state index in [4.69, 9.17) is 5.41 Å². The molecule has 1 aromatic heterocycles. The molecule has 2 aliphatic rings. The zero-order valence-electron chi connectivity index (χ0n) is 14.6. The summed E-state index contributed by atoms with van der Waals surface area (Å²) in [6.07, 6.45) is -1.79. The highest BCUT2D eigenvalue weighted by Gasteiger charge is 2.46. The number of aliphatic imine (C=N–C) groups is 1. The Balaban J connectivity index is 1.69. The van der Waals surface area contributed by atoms with Gasteiger partial charge in [-0.25, -0.2) is 0 Å². The molecule has 0 aliphatic carbocycles. The normalized spacial score (nSPS) is 17.8. The average Bonchev–Trinajstić information content (AvgIpc) is 3.32. The van der Waals surface area contributed by atoms with Crippen molar-refractivity contribution >= 4 is 45.5 Å². The lowest BCUT2D eigenvalue weighted by Gasteiger charge is -2.20. The Hall–Kier alpha value is -3.74. The molecular formula is C17H9F3N6O3S. The number of rotatable bonds is 3. The summed E-state index contributed by atoms with van der Waals surface area (Å²) in [5, 5.41) is 21.4. The number of halogens is 3. The number of hydrazone groups is 1. The number of nitro benzene ring substituents is 1. The van der Waals surface area contributed by atoms with Gasteiger partial charge < -0.3 is 4.57 Å². The SMILES string of the molecule is N=C1/C(=C\c2cccn2-c2ccc([N+](=O)[O-])cc2)C(=O)N=C2SC(C(F)(F)F)=NN12. The van der Waals surface area contributed by atoms with Crippen LogP contribution in [0.4, 0.5) is 18.9 Å². The molecule has 0 radical (unpaired) electrons. The predicted molar refractivity (Wildman–Crippen MR) is 103 cm³/mol. The monoisotopic (exact) mass is 434 g/mol. The molecular weight excluding hydrogens is 425 g/mol. The second-order valence-corrected chi connectivity index (χ2v) is 6.96. The maximum Gasteiger partial charge on any atom is 0.441 e. The molecule has 0 bridgehead atoms. The van der Waals surface area contributed by atoms with Crippen LogP contribution >= 0.6 is 11.8 Å². The van der Waals surface area contributed by atoms with Crippen LogP contribution in [0.5, 0.6) is 0 Å². The van der Waals surface area contributed by atoms with Crippen molar-refractivity contribution in [1.82, 2.24) is 9.58 Å². The van der Waals surface area contributed by atoms with Crippen molar-refractivity contribution in [3.63, 3.8) is 0 Å². The van der Waals surface area contributed by atoms with Gasteiger partial charge in [0.15, 0.2) is 5.84 Å². The Morgan fingerprint density at radius 3 is 2.53 bits per heavy atom. The predicted octanol–water partition coefficient (Wildman–Crippen LogP) is 3.57. The number of amides is 1. The number of thioether (sulfide) groups is 1. The van der Waals surface area contributed by atoms with Crippen LogP contribution in [0.25, 0.3) is 11.8 Å². The van der Waals surface area contributed by atoms with Gasteiger partial charge in [0.1, 0.15) is 0 Å². The van der Waals surface area contributed by atoms with E-state index in [1.807, 2.05) is 0 Å². The Morgan fingerprint density at radius 1 is 1.20 bits per heavy atom. The summed E-state index contributed by atoms with van der Waals surface area (Å²) >= 11 is 0.174. The van der Waals surface area contributed by atoms with E-state index in [1.165, 1.54) is 30.3 Å². The summed E-state index contributed by atoms with van der Waals surface area (Å²) in [6, 6.07) is 8.88. The summed E-state index contributed by atoms with van der Waals surface area (Å²) in [6.45, 7) is 0. The molecule has 2 aromatic rings. The number of carbonyl (C=O) groups is 1. The maximum absolute atomic E-state index is 12.9. The number of aromatic nitrogens is 1. The minimum Gasteiger partial charge on any atom is -0.317 e. The third-order valence-electron chi connectivity index (χ3n) is 4.11. The van der Waals surface area contributed by atoms with Crippen molar-refractivity contribution in [2.24, 2.45) is 10.1 Å². The molecule has 2 aliphatic heterocycles. The average molecular weight is 434 g/mol. The van der Waals surface area contributed by atoms with Crippen LogP contribution in [0, 0.1) is 15.5 Å². The molecule has 4 rings (SSSR count). The second-order valence-electron chi connectivity index (χ2n) is 6.00. The summed E-state index contributed by atoms with van der Waals surface area (Å²) in [5.74, 6) is -1.40. The highest BCUT2D eigenvalue weighted by molar-refractivity contribution is 8.27. The van der Waals surface area contributed by atoms with E-state index >= 15 is 0 Å². The highest BCUT2D eigenvalue weighted by atomic mass is 32.2. The molecule has 3 heterocycles. The Bertz CT molecular complexity index is 1180. The number of benzene rings is 1. The number of nitrogens with one attached hydrogen (secondary N) is 1. The number of carbonyl (C=O) groups excluding carboxylic acids is 1. The van der Waals surface area contributed by atoms with Gasteiger partial charge in [0.2, 0.25) is 10.2 Å². The number of non-ortho nitro benzene ring substituents is 1. The zero-order valence-corrected chi connectivity index (χ0v) is 15.4. The van der Waals surface area contributed by atoms with Crippen LogP contribution in [-0.2, 0) is 4.79 Å².